The summed E-state index contributed by atoms with van der Waals surface area (Å²) in [6.45, 7) is 1.44. The molecule has 0 N–H and O–H groups in total. The lowest BCUT2D eigenvalue weighted by Crippen LogP contribution is -1.95. The van der Waals surface area contributed by atoms with Crippen molar-refractivity contribution in [2.45, 2.75) is 19.8 Å². The minimum Gasteiger partial charge on any atom is -0.300 e. The van der Waals surface area contributed by atoms with Gasteiger partial charge in [-0.3, -0.25) is 9.59 Å². The molecule has 1 rings (SSSR count). The van der Waals surface area contributed by atoms with Gasteiger partial charge in [-0.1, -0.05) is 18.2 Å². The molecule has 3 heteroatoms. The fourth-order valence-electron chi connectivity index (χ4n) is 1.32. The predicted molar refractivity (Wildman–Crippen MR) is 59.5 cm³/mol. The van der Waals surface area contributed by atoms with E-state index in [-0.39, 0.29) is 18.0 Å². The molecule has 0 unspecified atom stereocenters. The first-order chi connectivity index (χ1) is 7.61. The van der Waals surface area contributed by atoms with Crippen LogP contribution in [0.5, 0.6) is 0 Å². The summed E-state index contributed by atoms with van der Waals surface area (Å²) in [5.74, 6) is -0.329. The minimum atomic E-state index is -0.285. The van der Waals surface area contributed by atoms with E-state index in [1.807, 2.05) is 0 Å². The topological polar surface area (TPSA) is 34.1 Å². The first-order valence-corrected chi connectivity index (χ1v) is 5.00. The molecule has 0 aliphatic rings. The van der Waals surface area contributed by atoms with Crippen molar-refractivity contribution in [3.63, 3.8) is 0 Å². The van der Waals surface area contributed by atoms with Crippen LogP contribution in [0.4, 0.5) is 4.39 Å². The maximum Gasteiger partial charge on any atom is 0.146 e. The van der Waals surface area contributed by atoms with Gasteiger partial charge in [-0.05, 0) is 36.6 Å². The molecule has 1 aromatic rings. The molecule has 0 amide bonds. The Morgan fingerprint density at radius 2 is 1.94 bits per heavy atom. The number of benzene rings is 1. The van der Waals surface area contributed by atoms with Gasteiger partial charge in [0.05, 0.1) is 0 Å². The zero-order valence-corrected chi connectivity index (χ0v) is 9.07. The lowest BCUT2D eigenvalue weighted by Gasteiger charge is -1.98. The van der Waals surface area contributed by atoms with Crippen molar-refractivity contribution in [2.24, 2.45) is 0 Å². The van der Waals surface area contributed by atoms with Gasteiger partial charge in [0.2, 0.25) is 0 Å². The number of allylic oxidation sites excluding steroid dienone is 2. The van der Waals surface area contributed by atoms with E-state index < -0.39 is 0 Å². The number of rotatable bonds is 5. The summed E-state index contributed by atoms with van der Waals surface area (Å²) in [6, 6.07) is 6.05. The number of halogens is 1. The zero-order chi connectivity index (χ0) is 12.0. The molecule has 0 fully saturated rings. The first-order valence-electron chi connectivity index (χ1n) is 5.00. The van der Waals surface area contributed by atoms with Gasteiger partial charge in [-0.25, -0.2) is 4.39 Å². The van der Waals surface area contributed by atoms with Crippen LogP contribution in [0.25, 0.3) is 0 Å². The van der Waals surface area contributed by atoms with Gasteiger partial charge < -0.3 is 0 Å². The van der Waals surface area contributed by atoms with Gasteiger partial charge in [0.1, 0.15) is 17.9 Å². The van der Waals surface area contributed by atoms with Crippen LogP contribution in [0.2, 0.25) is 0 Å². The van der Waals surface area contributed by atoms with Crippen LogP contribution in [-0.4, -0.2) is 12.1 Å². The molecule has 0 spiro atoms. The van der Waals surface area contributed by atoms with Gasteiger partial charge in [0.25, 0.3) is 0 Å². The highest BCUT2D eigenvalue weighted by molar-refractivity contribution is 5.87. The average molecular weight is 220 g/mol. The van der Waals surface area contributed by atoms with Crippen LogP contribution in [0.15, 0.2) is 35.9 Å². The maximum absolute atomic E-state index is 12.6. The van der Waals surface area contributed by atoms with E-state index >= 15 is 0 Å². The van der Waals surface area contributed by atoms with Crippen LogP contribution in [0.3, 0.4) is 0 Å². The number of carbonyl (C=O) groups is 2. The van der Waals surface area contributed by atoms with Crippen LogP contribution < -0.4 is 0 Å². The highest BCUT2D eigenvalue weighted by Crippen LogP contribution is 2.07. The number of carbonyl (C=O) groups excluding carboxylic acids is 2. The molecule has 84 valence electrons. The van der Waals surface area contributed by atoms with Crippen LogP contribution in [0.1, 0.15) is 18.9 Å². The van der Waals surface area contributed by atoms with Crippen LogP contribution >= 0.6 is 0 Å². The monoisotopic (exact) mass is 220 g/mol. The molecule has 1 aromatic carbocycles. The SMILES string of the molecule is CC(=O)C/C(C=O)=C\Cc1ccc(F)cc1. The third-order valence-corrected chi connectivity index (χ3v) is 2.12. The molecule has 0 saturated heterocycles. The third-order valence-electron chi connectivity index (χ3n) is 2.12. The molecule has 0 aromatic heterocycles. The molecular weight excluding hydrogens is 207 g/mol. The second-order valence-electron chi connectivity index (χ2n) is 3.61. The maximum atomic E-state index is 12.6. The van der Waals surface area contributed by atoms with E-state index in [0.717, 1.165) is 5.56 Å². The van der Waals surface area contributed by atoms with Crippen LogP contribution in [-0.2, 0) is 16.0 Å². The molecule has 0 atom stereocenters. The van der Waals surface area contributed by atoms with E-state index in [2.05, 4.69) is 0 Å². The standard InChI is InChI=1S/C13H13FO2/c1-10(16)8-12(9-15)3-2-11-4-6-13(14)7-5-11/h3-7,9H,2,8H2,1H3/b12-3+. The van der Waals surface area contributed by atoms with Crippen molar-refractivity contribution in [2.75, 3.05) is 0 Å². The van der Waals surface area contributed by atoms with E-state index in [9.17, 15) is 14.0 Å². The third kappa shape index (κ3) is 4.17. The number of aldehydes is 1. The lowest BCUT2D eigenvalue weighted by molar-refractivity contribution is -0.117. The Labute approximate surface area is 93.8 Å². The van der Waals surface area contributed by atoms with Crippen molar-refractivity contribution in [1.29, 1.82) is 0 Å². The average Bonchev–Trinajstić information content (AvgIpc) is 2.26. The molecule has 0 saturated carbocycles. The van der Waals surface area contributed by atoms with Crippen molar-refractivity contribution in [3.8, 4) is 0 Å². The van der Waals surface area contributed by atoms with Gasteiger partial charge in [-0.15, -0.1) is 0 Å². The molecule has 0 radical (unpaired) electrons. The van der Waals surface area contributed by atoms with Gasteiger partial charge in [-0.2, -0.15) is 0 Å². The fourth-order valence-corrected chi connectivity index (χ4v) is 1.32. The highest BCUT2D eigenvalue weighted by atomic mass is 19.1. The Morgan fingerprint density at radius 1 is 1.31 bits per heavy atom. The summed E-state index contributed by atoms with van der Waals surface area (Å²) < 4.78 is 12.6. The summed E-state index contributed by atoms with van der Waals surface area (Å²) >= 11 is 0. The Morgan fingerprint density at radius 3 is 2.44 bits per heavy atom. The smallest absolute Gasteiger partial charge is 0.146 e. The molecule has 0 heterocycles. The Bertz CT molecular complexity index is 404. The molecule has 2 nitrogen and oxygen atoms in total. The van der Waals surface area contributed by atoms with Gasteiger partial charge in [0.15, 0.2) is 0 Å². The quantitative estimate of drug-likeness (QED) is 0.564. The van der Waals surface area contributed by atoms with Crippen molar-refractivity contribution < 1.29 is 14.0 Å². The Kier molecular flexibility index (Phi) is 4.58. The van der Waals surface area contributed by atoms with E-state index in [0.29, 0.717) is 18.3 Å². The van der Waals surface area contributed by atoms with Crippen LogP contribution in [0, 0.1) is 5.82 Å². The van der Waals surface area contributed by atoms with E-state index in [1.54, 1.807) is 18.2 Å². The molecular formula is C13H13FO2. The normalized spacial score (nSPS) is 11.2. The van der Waals surface area contributed by atoms with Crippen molar-refractivity contribution >= 4 is 12.1 Å². The first kappa shape index (κ1) is 12.3. The Hall–Kier alpha value is -1.77. The second-order valence-corrected chi connectivity index (χ2v) is 3.61. The molecule has 0 aliphatic heterocycles. The van der Waals surface area contributed by atoms with E-state index in [1.165, 1.54) is 19.1 Å². The predicted octanol–water partition coefficient (Wildman–Crippen LogP) is 2.47. The largest absolute Gasteiger partial charge is 0.300 e. The zero-order valence-electron chi connectivity index (χ0n) is 9.07. The fraction of sp³-hybridized carbons (Fsp3) is 0.231. The summed E-state index contributed by atoms with van der Waals surface area (Å²) in [6.07, 6.45) is 3.07. The lowest BCUT2D eigenvalue weighted by atomic mass is 10.1. The number of Topliss-reactive ketones (excluding diaryl/α,β-unsaturated/α-hetero) is 1. The van der Waals surface area contributed by atoms with Gasteiger partial charge >= 0.3 is 0 Å². The number of hydrogen-bond donors (Lipinski definition) is 0. The van der Waals surface area contributed by atoms with E-state index in [4.69, 9.17) is 0 Å². The molecule has 0 bridgehead atoms. The summed E-state index contributed by atoms with van der Waals surface area (Å²) in [7, 11) is 0. The molecule has 16 heavy (non-hydrogen) atoms. The Balaban J connectivity index is 2.66. The minimum absolute atomic E-state index is 0.0440. The number of ketones is 1. The van der Waals surface area contributed by atoms with Crippen molar-refractivity contribution in [1.82, 2.24) is 0 Å². The molecule has 0 aliphatic carbocycles. The summed E-state index contributed by atoms with van der Waals surface area (Å²) in [4.78, 5) is 21.5. The van der Waals surface area contributed by atoms with Crippen molar-refractivity contribution in [3.05, 3.63) is 47.3 Å². The summed E-state index contributed by atoms with van der Waals surface area (Å²) in [5, 5.41) is 0. The number of hydrogen-bond acceptors (Lipinski definition) is 2. The second kappa shape index (κ2) is 5.95. The summed E-state index contributed by atoms with van der Waals surface area (Å²) in [5.41, 5.74) is 1.38. The highest BCUT2D eigenvalue weighted by Gasteiger charge is 2.00. The van der Waals surface area contributed by atoms with Gasteiger partial charge in [0, 0.05) is 6.42 Å².